The van der Waals surface area contributed by atoms with Crippen LogP contribution in [-0.2, 0) is 4.74 Å². The smallest absolute Gasteiger partial charge is 0.206 e. The number of nitrogens with zero attached hydrogens (tertiary/aromatic N) is 3. The zero-order chi connectivity index (χ0) is 18.1. The molecule has 1 atom stereocenters. The fourth-order valence-corrected chi connectivity index (χ4v) is 5.15. The number of carbonyl (C=O) groups is 1. The summed E-state index contributed by atoms with van der Waals surface area (Å²) in [6.07, 6.45) is 4.96. The second-order valence-corrected chi connectivity index (χ2v) is 9.19. The van der Waals surface area contributed by atoms with Crippen molar-refractivity contribution in [1.29, 1.82) is 0 Å². The number of hydrogen-bond acceptors (Lipinski definition) is 7. The zero-order valence-corrected chi connectivity index (χ0v) is 16.8. The number of aromatic nitrogens is 3. The minimum atomic E-state index is 0.166. The van der Waals surface area contributed by atoms with E-state index < -0.39 is 0 Å². The van der Waals surface area contributed by atoms with E-state index in [2.05, 4.69) is 33.9 Å². The Morgan fingerprint density at radius 3 is 2.96 bits per heavy atom. The quantitative estimate of drug-likeness (QED) is 0.543. The summed E-state index contributed by atoms with van der Waals surface area (Å²) in [5.74, 6) is 0.564. The lowest BCUT2D eigenvalue weighted by molar-refractivity contribution is 0.102. The van der Waals surface area contributed by atoms with Gasteiger partial charge in [-0.15, -0.1) is 10.2 Å². The van der Waals surface area contributed by atoms with Crippen molar-refractivity contribution >= 4 is 34.0 Å². The molecule has 0 aromatic carbocycles. The van der Waals surface area contributed by atoms with Crippen LogP contribution >= 0.6 is 23.1 Å². The summed E-state index contributed by atoms with van der Waals surface area (Å²) in [6, 6.07) is 2.63. The van der Waals surface area contributed by atoms with Crippen LogP contribution < -0.4 is 5.32 Å². The minimum absolute atomic E-state index is 0.166. The molecule has 2 fully saturated rings. The lowest BCUT2D eigenvalue weighted by Crippen LogP contribution is -2.18. The minimum Gasteiger partial charge on any atom is -0.376 e. The van der Waals surface area contributed by atoms with Crippen molar-refractivity contribution in [1.82, 2.24) is 14.8 Å². The van der Waals surface area contributed by atoms with Crippen LogP contribution in [0.1, 0.15) is 53.5 Å². The van der Waals surface area contributed by atoms with Gasteiger partial charge in [-0.3, -0.25) is 4.79 Å². The second-order valence-electron chi connectivity index (χ2n) is 6.99. The van der Waals surface area contributed by atoms with E-state index in [1.807, 2.05) is 6.07 Å². The highest BCUT2D eigenvalue weighted by Gasteiger charge is 2.28. The van der Waals surface area contributed by atoms with E-state index in [9.17, 15) is 4.79 Å². The van der Waals surface area contributed by atoms with Gasteiger partial charge in [-0.1, -0.05) is 23.1 Å². The number of carbonyl (C=O) groups excluding carboxylic acids is 1. The average molecular weight is 393 g/mol. The molecule has 26 heavy (non-hydrogen) atoms. The summed E-state index contributed by atoms with van der Waals surface area (Å²) in [5, 5.41) is 12.4. The summed E-state index contributed by atoms with van der Waals surface area (Å²) in [4.78, 5) is 12.6. The molecule has 1 aliphatic carbocycles. The third kappa shape index (κ3) is 3.97. The molecule has 0 unspecified atom stereocenters. The Hall–Kier alpha value is -1.38. The predicted octanol–water partition coefficient (Wildman–Crippen LogP) is 3.86. The van der Waals surface area contributed by atoms with Crippen molar-refractivity contribution in [2.75, 3.05) is 24.2 Å². The van der Waals surface area contributed by atoms with Crippen LogP contribution in [0.3, 0.4) is 0 Å². The Morgan fingerprint density at radius 1 is 1.38 bits per heavy atom. The van der Waals surface area contributed by atoms with Gasteiger partial charge in [-0.2, -0.15) is 0 Å². The van der Waals surface area contributed by atoms with Crippen LogP contribution in [0.4, 0.5) is 5.13 Å². The fourth-order valence-electron chi connectivity index (χ4n) is 3.51. The summed E-state index contributed by atoms with van der Waals surface area (Å²) in [7, 11) is 0. The number of ether oxygens (including phenoxy) is 1. The number of nitrogens with one attached hydrogen (secondary N) is 1. The molecule has 1 aliphatic heterocycles. The number of ketones is 1. The molecule has 0 radical (unpaired) electrons. The molecule has 1 saturated heterocycles. The van der Waals surface area contributed by atoms with Crippen LogP contribution in [0.2, 0.25) is 0 Å². The third-order valence-electron chi connectivity index (χ3n) is 4.93. The molecule has 2 aromatic rings. The van der Waals surface area contributed by atoms with E-state index in [4.69, 9.17) is 4.74 Å². The van der Waals surface area contributed by atoms with Gasteiger partial charge in [-0.05, 0) is 45.6 Å². The molecule has 1 saturated carbocycles. The number of anilines is 1. The van der Waals surface area contributed by atoms with Gasteiger partial charge in [0.2, 0.25) is 5.13 Å². The van der Waals surface area contributed by atoms with Gasteiger partial charge in [0.15, 0.2) is 10.1 Å². The highest BCUT2D eigenvalue weighted by atomic mass is 32.2. The lowest BCUT2D eigenvalue weighted by atomic mass is 10.2. The van der Waals surface area contributed by atoms with Gasteiger partial charge >= 0.3 is 0 Å². The van der Waals surface area contributed by atoms with Crippen molar-refractivity contribution in [3.63, 3.8) is 0 Å². The van der Waals surface area contributed by atoms with Crippen LogP contribution in [0.15, 0.2) is 10.4 Å². The molecule has 3 heterocycles. The molecule has 0 spiro atoms. The highest BCUT2D eigenvalue weighted by Crippen LogP contribution is 2.38. The van der Waals surface area contributed by atoms with E-state index in [0.717, 1.165) is 46.7 Å². The molecule has 1 N–H and O–H groups in total. The predicted molar refractivity (Wildman–Crippen MR) is 105 cm³/mol. The second kappa shape index (κ2) is 7.70. The Kier molecular flexibility index (Phi) is 5.33. The number of aryl methyl sites for hydroxylation is 1. The van der Waals surface area contributed by atoms with Gasteiger partial charge in [0.05, 0.1) is 11.9 Å². The van der Waals surface area contributed by atoms with E-state index in [-0.39, 0.29) is 11.9 Å². The molecule has 4 rings (SSSR count). The molecular formula is C18H24N4O2S2. The van der Waals surface area contributed by atoms with Crippen LogP contribution in [-0.4, -0.2) is 45.6 Å². The van der Waals surface area contributed by atoms with Crippen LogP contribution in [0, 0.1) is 13.8 Å². The highest BCUT2D eigenvalue weighted by molar-refractivity contribution is 8.01. The normalized spacial score (nSPS) is 19.8. The molecule has 8 heteroatoms. The van der Waals surface area contributed by atoms with Crippen LogP contribution in [0.25, 0.3) is 0 Å². The van der Waals surface area contributed by atoms with E-state index in [0.29, 0.717) is 11.8 Å². The SMILES string of the molecule is Cc1cc(C(=O)CSc2nnc(NC[C@@H]3CCCO3)s2)c(C)n1C1CC1. The molecule has 0 bridgehead atoms. The lowest BCUT2D eigenvalue weighted by Gasteiger charge is -2.08. The van der Waals surface area contributed by atoms with Gasteiger partial charge in [0, 0.05) is 36.1 Å². The zero-order valence-electron chi connectivity index (χ0n) is 15.2. The molecule has 2 aliphatic rings. The Bertz CT molecular complexity index is 791. The monoisotopic (exact) mass is 392 g/mol. The van der Waals surface area contributed by atoms with Gasteiger partial charge in [0.1, 0.15) is 0 Å². The number of Topliss-reactive ketones (excluding diaryl/α,β-unsaturated/α-hetero) is 1. The molecular weight excluding hydrogens is 368 g/mol. The van der Waals surface area contributed by atoms with Gasteiger partial charge in [0.25, 0.3) is 0 Å². The Balaban J connectivity index is 1.31. The first-order valence-electron chi connectivity index (χ1n) is 9.15. The van der Waals surface area contributed by atoms with E-state index in [1.54, 1.807) is 0 Å². The van der Waals surface area contributed by atoms with Gasteiger partial charge < -0.3 is 14.6 Å². The number of rotatable bonds is 8. The standard InChI is InChI=1S/C18H24N4O2S2/c1-11-8-15(12(2)22(11)13-5-6-13)16(23)10-25-18-21-20-17(26-18)19-9-14-4-3-7-24-14/h8,13-14H,3-7,9-10H2,1-2H3,(H,19,20)/t14-/m0/s1. The number of thioether (sulfide) groups is 1. The summed E-state index contributed by atoms with van der Waals surface area (Å²) in [5.41, 5.74) is 3.14. The Labute approximate surface area is 161 Å². The summed E-state index contributed by atoms with van der Waals surface area (Å²) in [6.45, 7) is 5.77. The van der Waals surface area contributed by atoms with Crippen molar-refractivity contribution in [3.8, 4) is 0 Å². The first kappa shape index (κ1) is 18.0. The molecule has 0 amide bonds. The first-order valence-corrected chi connectivity index (χ1v) is 11.0. The van der Waals surface area contributed by atoms with Crippen molar-refractivity contribution in [2.45, 2.75) is 56.0 Å². The Morgan fingerprint density at radius 2 is 2.23 bits per heavy atom. The maximum absolute atomic E-state index is 12.6. The largest absolute Gasteiger partial charge is 0.376 e. The molecule has 2 aromatic heterocycles. The van der Waals surface area contributed by atoms with Crippen LogP contribution in [0.5, 0.6) is 0 Å². The van der Waals surface area contributed by atoms with E-state index in [1.165, 1.54) is 41.6 Å². The van der Waals surface area contributed by atoms with Gasteiger partial charge in [-0.25, -0.2) is 0 Å². The third-order valence-corrected chi connectivity index (χ3v) is 6.95. The molecule has 140 valence electrons. The summed E-state index contributed by atoms with van der Waals surface area (Å²) >= 11 is 2.96. The topological polar surface area (TPSA) is 69.0 Å². The van der Waals surface area contributed by atoms with Crippen molar-refractivity contribution in [3.05, 3.63) is 23.0 Å². The van der Waals surface area contributed by atoms with Crippen molar-refractivity contribution in [2.24, 2.45) is 0 Å². The summed E-state index contributed by atoms with van der Waals surface area (Å²) < 4.78 is 8.73. The fraction of sp³-hybridized carbons (Fsp3) is 0.611. The maximum atomic E-state index is 12.6. The first-order chi connectivity index (χ1) is 12.6. The number of hydrogen-bond donors (Lipinski definition) is 1. The van der Waals surface area contributed by atoms with Crippen molar-refractivity contribution < 1.29 is 9.53 Å². The average Bonchev–Trinajstić information content (AvgIpc) is 3.04. The molecule has 6 nitrogen and oxygen atoms in total. The maximum Gasteiger partial charge on any atom is 0.206 e. The van der Waals surface area contributed by atoms with E-state index >= 15 is 0 Å².